The van der Waals surface area contributed by atoms with Gasteiger partial charge in [0, 0.05) is 13.5 Å². The number of Topliss-reactive ketones (excluding diaryl/α,β-unsaturated/α-hetero) is 1. The highest BCUT2D eigenvalue weighted by molar-refractivity contribution is 5.90. The fraction of sp³-hybridized carbons (Fsp3) is 0.875. The molecular weight excluding hydrogens is 258 g/mol. The van der Waals surface area contributed by atoms with E-state index in [9.17, 15) is 31.1 Å². The first kappa shape index (κ1) is 14.2. The van der Waals surface area contributed by atoms with Crippen LogP contribution in [0.3, 0.4) is 0 Å². The van der Waals surface area contributed by atoms with Gasteiger partial charge in [-0.1, -0.05) is 0 Å². The van der Waals surface area contributed by atoms with Crippen molar-refractivity contribution in [1.82, 2.24) is 0 Å². The maximum absolute atomic E-state index is 12.1. The molecule has 0 amide bonds. The predicted octanol–water partition coefficient (Wildman–Crippen LogP) is 1.85. The molecule has 17 heavy (non-hydrogen) atoms. The summed E-state index contributed by atoms with van der Waals surface area (Å²) in [6.45, 7) is 0. The van der Waals surface area contributed by atoms with Crippen LogP contribution in [0.5, 0.6) is 0 Å². The van der Waals surface area contributed by atoms with Gasteiger partial charge in [-0.3, -0.25) is 4.79 Å². The van der Waals surface area contributed by atoms with Crippen LogP contribution in [0.2, 0.25) is 0 Å². The van der Waals surface area contributed by atoms with Crippen LogP contribution in [0, 0.1) is 0 Å². The van der Waals surface area contributed by atoms with Gasteiger partial charge in [-0.25, -0.2) is 0 Å². The van der Waals surface area contributed by atoms with Crippen molar-refractivity contribution in [2.45, 2.75) is 37.1 Å². The second-order valence-corrected chi connectivity index (χ2v) is 3.46. The lowest BCUT2D eigenvalue weighted by molar-refractivity contribution is -0.338. The molecule has 0 saturated heterocycles. The van der Waals surface area contributed by atoms with Gasteiger partial charge >= 0.3 is 12.4 Å². The monoisotopic (exact) mass is 266 g/mol. The lowest BCUT2D eigenvalue weighted by atomic mass is 9.90. The van der Waals surface area contributed by atoms with E-state index in [2.05, 4.69) is 9.47 Å². The number of methoxy groups -OCH3 is 1. The zero-order chi connectivity index (χ0) is 13.4. The summed E-state index contributed by atoms with van der Waals surface area (Å²) in [5.41, 5.74) is 0. The quantitative estimate of drug-likeness (QED) is 0.731. The first-order chi connectivity index (χ1) is 7.57. The average Bonchev–Trinajstić information content (AvgIpc) is 2.07. The molecule has 1 aliphatic rings. The number of carbonyl (C=O) groups is 1. The molecule has 3 nitrogen and oxygen atoms in total. The van der Waals surface area contributed by atoms with Crippen molar-refractivity contribution in [1.29, 1.82) is 0 Å². The van der Waals surface area contributed by atoms with E-state index >= 15 is 0 Å². The molecule has 1 saturated carbocycles. The number of ketones is 1. The molecule has 1 aliphatic carbocycles. The van der Waals surface area contributed by atoms with E-state index in [-0.39, 0.29) is 0 Å². The molecule has 0 spiro atoms. The third-order valence-electron chi connectivity index (χ3n) is 2.22. The summed E-state index contributed by atoms with van der Waals surface area (Å²) in [4.78, 5) is 10.8. The first-order valence-corrected chi connectivity index (χ1v) is 4.41. The van der Waals surface area contributed by atoms with Crippen molar-refractivity contribution in [3.8, 4) is 0 Å². The van der Waals surface area contributed by atoms with E-state index in [1.54, 1.807) is 0 Å². The van der Waals surface area contributed by atoms with Crippen LogP contribution >= 0.6 is 0 Å². The number of carbonyl (C=O) groups excluding carboxylic acids is 1. The van der Waals surface area contributed by atoms with Gasteiger partial charge in [0.05, 0.1) is 6.10 Å². The minimum absolute atomic E-state index is 0.513. The van der Waals surface area contributed by atoms with Gasteiger partial charge in [0.25, 0.3) is 0 Å². The molecule has 0 aromatic heterocycles. The van der Waals surface area contributed by atoms with Gasteiger partial charge in [-0.2, -0.15) is 26.3 Å². The van der Waals surface area contributed by atoms with Crippen molar-refractivity contribution in [2.24, 2.45) is 0 Å². The van der Waals surface area contributed by atoms with E-state index in [4.69, 9.17) is 0 Å². The number of rotatable bonds is 3. The van der Waals surface area contributed by atoms with E-state index in [0.29, 0.717) is 0 Å². The molecule has 1 rings (SSSR count). The predicted molar refractivity (Wildman–Crippen MR) is 41.2 cm³/mol. The second-order valence-electron chi connectivity index (χ2n) is 3.46. The van der Waals surface area contributed by atoms with E-state index in [1.165, 1.54) is 0 Å². The normalized spacial score (nSPS) is 26.2. The summed E-state index contributed by atoms with van der Waals surface area (Å²) in [5.74, 6) is -0.583. The van der Waals surface area contributed by atoms with Crippen LogP contribution in [0.25, 0.3) is 0 Å². The van der Waals surface area contributed by atoms with Gasteiger partial charge in [-0.05, 0) is 0 Å². The average molecular weight is 266 g/mol. The molecule has 0 N–H and O–H groups in total. The molecule has 0 aliphatic heterocycles. The van der Waals surface area contributed by atoms with Crippen molar-refractivity contribution < 1.29 is 40.6 Å². The van der Waals surface area contributed by atoms with E-state index < -0.39 is 42.9 Å². The molecule has 0 bridgehead atoms. The summed E-state index contributed by atoms with van der Waals surface area (Å²) in [6, 6.07) is 0. The van der Waals surface area contributed by atoms with Gasteiger partial charge < -0.3 is 9.47 Å². The third-order valence-corrected chi connectivity index (χ3v) is 2.22. The van der Waals surface area contributed by atoms with Gasteiger partial charge in [0.1, 0.15) is 6.10 Å². The summed E-state index contributed by atoms with van der Waals surface area (Å²) >= 11 is 0. The molecule has 100 valence electrons. The Hall–Kier alpha value is -0.830. The standard InChI is InChI=1S/C8H8F6O3/c1-16-5-3(15)2-4(5)17-6(7(9,10)11)8(12,13)14/h4-6H,2H2,1H3. The summed E-state index contributed by atoms with van der Waals surface area (Å²) < 4.78 is 80.9. The Morgan fingerprint density at radius 2 is 1.65 bits per heavy atom. The lowest BCUT2D eigenvalue weighted by Crippen LogP contribution is -2.56. The van der Waals surface area contributed by atoms with Crippen LogP contribution < -0.4 is 0 Å². The number of hydrogen-bond donors (Lipinski definition) is 0. The Balaban J connectivity index is 2.72. The molecular formula is C8H8F6O3. The van der Waals surface area contributed by atoms with Crippen LogP contribution in [-0.2, 0) is 14.3 Å². The highest BCUT2D eigenvalue weighted by Gasteiger charge is 2.60. The SMILES string of the molecule is COC1C(=O)CC1OC(C(F)(F)F)C(F)(F)F. The number of ether oxygens (including phenoxy) is 2. The highest BCUT2D eigenvalue weighted by atomic mass is 19.4. The summed E-state index contributed by atoms with van der Waals surface area (Å²) in [7, 11) is 1.01. The van der Waals surface area contributed by atoms with Crippen molar-refractivity contribution in [2.75, 3.05) is 7.11 Å². The Bertz CT molecular complexity index is 283. The molecule has 0 aromatic carbocycles. The van der Waals surface area contributed by atoms with Gasteiger partial charge in [0.15, 0.2) is 5.78 Å². The number of halogens is 6. The molecule has 2 atom stereocenters. The van der Waals surface area contributed by atoms with Gasteiger partial charge in [-0.15, -0.1) is 0 Å². The Kier molecular flexibility index (Phi) is 3.72. The fourth-order valence-corrected chi connectivity index (χ4v) is 1.39. The third kappa shape index (κ3) is 3.09. The maximum Gasteiger partial charge on any atom is 0.423 e. The Labute approximate surface area is 91.7 Å². The van der Waals surface area contributed by atoms with E-state index in [0.717, 1.165) is 7.11 Å². The molecule has 0 aromatic rings. The largest absolute Gasteiger partial charge is 0.423 e. The zero-order valence-electron chi connectivity index (χ0n) is 8.43. The topological polar surface area (TPSA) is 35.5 Å². The molecule has 1 fully saturated rings. The zero-order valence-corrected chi connectivity index (χ0v) is 8.43. The first-order valence-electron chi connectivity index (χ1n) is 4.41. The lowest BCUT2D eigenvalue weighted by Gasteiger charge is -2.36. The second kappa shape index (κ2) is 4.45. The molecule has 0 heterocycles. The van der Waals surface area contributed by atoms with Crippen LogP contribution in [0.4, 0.5) is 26.3 Å². The van der Waals surface area contributed by atoms with Crippen LogP contribution in [-0.4, -0.2) is 43.6 Å². The fourth-order valence-electron chi connectivity index (χ4n) is 1.39. The number of alkyl halides is 6. The van der Waals surface area contributed by atoms with Gasteiger partial charge in [0.2, 0.25) is 6.10 Å². The summed E-state index contributed by atoms with van der Waals surface area (Å²) in [5, 5.41) is 0. The highest BCUT2D eigenvalue weighted by Crippen LogP contribution is 2.38. The smallest absolute Gasteiger partial charge is 0.371 e. The van der Waals surface area contributed by atoms with E-state index in [1.807, 2.05) is 0 Å². The molecule has 0 radical (unpaired) electrons. The van der Waals surface area contributed by atoms with Crippen molar-refractivity contribution in [3.05, 3.63) is 0 Å². The summed E-state index contributed by atoms with van der Waals surface area (Å²) in [6.07, 6.45) is -18.4. The minimum atomic E-state index is -5.57. The van der Waals surface area contributed by atoms with Crippen LogP contribution in [0.15, 0.2) is 0 Å². The van der Waals surface area contributed by atoms with Crippen molar-refractivity contribution in [3.63, 3.8) is 0 Å². The van der Waals surface area contributed by atoms with Crippen LogP contribution in [0.1, 0.15) is 6.42 Å². The Morgan fingerprint density at radius 1 is 1.18 bits per heavy atom. The van der Waals surface area contributed by atoms with Crippen molar-refractivity contribution >= 4 is 5.78 Å². The molecule has 9 heteroatoms. The Morgan fingerprint density at radius 3 is 1.94 bits per heavy atom. The maximum atomic E-state index is 12.1. The molecule has 2 unspecified atom stereocenters. The number of hydrogen-bond acceptors (Lipinski definition) is 3. The minimum Gasteiger partial charge on any atom is -0.371 e.